The van der Waals surface area contributed by atoms with Crippen molar-refractivity contribution < 1.29 is 9.53 Å². The highest BCUT2D eigenvalue weighted by molar-refractivity contribution is 7.09. The van der Waals surface area contributed by atoms with Crippen molar-refractivity contribution in [1.29, 1.82) is 0 Å². The number of aryl methyl sites for hydroxylation is 1. The van der Waals surface area contributed by atoms with Gasteiger partial charge in [0.25, 0.3) is 0 Å². The molecule has 0 saturated heterocycles. The van der Waals surface area contributed by atoms with E-state index in [1.54, 1.807) is 18.4 Å². The van der Waals surface area contributed by atoms with Gasteiger partial charge in [-0.15, -0.1) is 11.3 Å². The van der Waals surface area contributed by atoms with Crippen molar-refractivity contribution in [3.8, 4) is 0 Å². The summed E-state index contributed by atoms with van der Waals surface area (Å²) in [6.07, 6.45) is 0.841. The number of aromatic nitrogens is 1. The van der Waals surface area contributed by atoms with Gasteiger partial charge in [0.15, 0.2) is 0 Å². The van der Waals surface area contributed by atoms with E-state index in [9.17, 15) is 4.79 Å². The molecule has 0 unspecified atom stereocenters. The minimum atomic E-state index is 0.00746. The fourth-order valence-electron chi connectivity index (χ4n) is 1.30. The normalized spacial score (nSPS) is 10.5. The average Bonchev–Trinajstić information content (AvgIpc) is 2.71. The first-order chi connectivity index (χ1) is 8.22. The summed E-state index contributed by atoms with van der Waals surface area (Å²) in [4.78, 5) is 15.7. The molecule has 1 heterocycles. The number of amides is 1. The van der Waals surface area contributed by atoms with Crippen LogP contribution in [0.4, 0.5) is 0 Å². The molecular formula is C11H19N3O2S. The molecule has 0 aromatic carbocycles. The van der Waals surface area contributed by atoms with E-state index in [0.717, 1.165) is 17.1 Å². The van der Waals surface area contributed by atoms with E-state index in [0.29, 0.717) is 26.2 Å². The SMILES string of the molecule is COCCCNC(=O)CNCc1csc(C)n1. The van der Waals surface area contributed by atoms with Gasteiger partial charge in [0.05, 0.1) is 17.2 Å². The van der Waals surface area contributed by atoms with E-state index in [1.165, 1.54) is 0 Å². The molecule has 6 heteroatoms. The molecule has 0 aliphatic rings. The number of nitrogens with one attached hydrogen (secondary N) is 2. The number of carbonyl (C=O) groups is 1. The summed E-state index contributed by atoms with van der Waals surface area (Å²) in [5, 5.41) is 8.91. The van der Waals surface area contributed by atoms with Gasteiger partial charge in [-0.2, -0.15) is 0 Å². The third-order valence-corrected chi connectivity index (χ3v) is 2.93. The summed E-state index contributed by atoms with van der Waals surface area (Å²) in [5.41, 5.74) is 0.986. The third-order valence-electron chi connectivity index (χ3n) is 2.11. The van der Waals surface area contributed by atoms with Crippen LogP contribution in [0.5, 0.6) is 0 Å². The third kappa shape index (κ3) is 6.35. The van der Waals surface area contributed by atoms with Crippen LogP contribution in [-0.2, 0) is 16.1 Å². The number of ether oxygens (including phenoxy) is 1. The average molecular weight is 257 g/mol. The Morgan fingerprint density at radius 3 is 3.06 bits per heavy atom. The Labute approximate surface area is 106 Å². The largest absolute Gasteiger partial charge is 0.385 e. The molecule has 1 rings (SSSR count). The van der Waals surface area contributed by atoms with Crippen LogP contribution in [0.15, 0.2) is 5.38 Å². The smallest absolute Gasteiger partial charge is 0.233 e. The zero-order valence-electron chi connectivity index (χ0n) is 10.3. The lowest BCUT2D eigenvalue weighted by Gasteiger charge is -2.05. The summed E-state index contributed by atoms with van der Waals surface area (Å²) in [7, 11) is 1.65. The Kier molecular flexibility index (Phi) is 6.76. The molecule has 0 aliphatic heterocycles. The first-order valence-corrected chi connectivity index (χ1v) is 6.47. The summed E-state index contributed by atoms with van der Waals surface area (Å²) in [6, 6.07) is 0. The Bertz CT molecular complexity index is 341. The fraction of sp³-hybridized carbons (Fsp3) is 0.636. The maximum Gasteiger partial charge on any atom is 0.233 e. The zero-order valence-corrected chi connectivity index (χ0v) is 11.1. The summed E-state index contributed by atoms with van der Waals surface area (Å²) in [6.45, 7) is 4.26. The predicted molar refractivity (Wildman–Crippen MR) is 68.1 cm³/mol. The van der Waals surface area contributed by atoms with Crippen LogP contribution < -0.4 is 10.6 Å². The van der Waals surface area contributed by atoms with Crippen LogP contribution in [0, 0.1) is 6.92 Å². The van der Waals surface area contributed by atoms with Crippen LogP contribution in [-0.4, -0.2) is 37.7 Å². The Balaban J connectivity index is 2.04. The quantitative estimate of drug-likeness (QED) is 0.673. The van der Waals surface area contributed by atoms with Crippen LogP contribution in [0.1, 0.15) is 17.1 Å². The highest BCUT2D eigenvalue weighted by Crippen LogP contribution is 2.06. The van der Waals surface area contributed by atoms with Gasteiger partial charge in [-0.3, -0.25) is 4.79 Å². The molecule has 96 valence electrons. The first kappa shape index (κ1) is 14.1. The van der Waals surface area contributed by atoms with E-state index in [1.807, 2.05) is 12.3 Å². The minimum Gasteiger partial charge on any atom is -0.385 e. The molecule has 0 aliphatic carbocycles. The second-order valence-corrected chi connectivity index (χ2v) is 4.72. The highest BCUT2D eigenvalue weighted by atomic mass is 32.1. The minimum absolute atomic E-state index is 0.00746. The Morgan fingerprint density at radius 1 is 1.59 bits per heavy atom. The molecule has 5 nitrogen and oxygen atoms in total. The number of hydrogen-bond acceptors (Lipinski definition) is 5. The Hall–Kier alpha value is -0.980. The summed E-state index contributed by atoms with van der Waals surface area (Å²) < 4.78 is 4.89. The number of hydrogen-bond donors (Lipinski definition) is 2. The van der Waals surface area contributed by atoms with Crippen LogP contribution >= 0.6 is 11.3 Å². The van der Waals surface area contributed by atoms with Gasteiger partial charge in [-0.1, -0.05) is 0 Å². The number of carbonyl (C=O) groups excluding carboxylic acids is 1. The van der Waals surface area contributed by atoms with Crippen molar-refractivity contribution in [3.05, 3.63) is 16.1 Å². The molecule has 0 radical (unpaired) electrons. The van der Waals surface area contributed by atoms with Crippen molar-refractivity contribution in [2.24, 2.45) is 0 Å². The van der Waals surface area contributed by atoms with E-state index in [2.05, 4.69) is 15.6 Å². The molecule has 0 atom stereocenters. The van der Waals surface area contributed by atoms with E-state index in [-0.39, 0.29) is 5.91 Å². The van der Waals surface area contributed by atoms with Crippen LogP contribution in [0.25, 0.3) is 0 Å². The van der Waals surface area contributed by atoms with E-state index < -0.39 is 0 Å². The lowest BCUT2D eigenvalue weighted by atomic mass is 10.4. The molecular weight excluding hydrogens is 238 g/mol. The second kappa shape index (κ2) is 8.16. The molecule has 0 fully saturated rings. The van der Waals surface area contributed by atoms with Gasteiger partial charge in [0.2, 0.25) is 5.91 Å². The van der Waals surface area contributed by atoms with Crippen molar-refractivity contribution in [1.82, 2.24) is 15.6 Å². The topological polar surface area (TPSA) is 63.2 Å². The van der Waals surface area contributed by atoms with Gasteiger partial charge in [-0.25, -0.2) is 4.98 Å². The molecule has 0 spiro atoms. The van der Waals surface area contributed by atoms with Gasteiger partial charge in [0.1, 0.15) is 0 Å². The van der Waals surface area contributed by atoms with Crippen molar-refractivity contribution in [2.75, 3.05) is 26.8 Å². The lowest BCUT2D eigenvalue weighted by molar-refractivity contribution is -0.120. The molecule has 17 heavy (non-hydrogen) atoms. The lowest BCUT2D eigenvalue weighted by Crippen LogP contribution is -2.34. The van der Waals surface area contributed by atoms with Gasteiger partial charge in [0, 0.05) is 32.2 Å². The summed E-state index contributed by atoms with van der Waals surface area (Å²) >= 11 is 1.62. The first-order valence-electron chi connectivity index (χ1n) is 5.59. The number of methoxy groups -OCH3 is 1. The summed E-state index contributed by atoms with van der Waals surface area (Å²) in [5.74, 6) is 0.00746. The number of nitrogens with zero attached hydrogens (tertiary/aromatic N) is 1. The molecule has 1 amide bonds. The molecule has 1 aromatic heterocycles. The molecule has 2 N–H and O–H groups in total. The standard InChI is InChI=1S/C11H19N3O2S/c1-9-14-10(8-17-9)6-12-7-11(15)13-4-3-5-16-2/h8,12H,3-7H2,1-2H3,(H,13,15). The Morgan fingerprint density at radius 2 is 2.41 bits per heavy atom. The molecule has 0 saturated carbocycles. The maximum absolute atomic E-state index is 11.4. The molecule has 1 aromatic rings. The highest BCUT2D eigenvalue weighted by Gasteiger charge is 2.01. The predicted octanol–water partition coefficient (Wildman–Crippen LogP) is 0.694. The second-order valence-electron chi connectivity index (χ2n) is 3.66. The van der Waals surface area contributed by atoms with Gasteiger partial charge >= 0.3 is 0 Å². The van der Waals surface area contributed by atoms with Crippen molar-refractivity contribution in [2.45, 2.75) is 19.9 Å². The maximum atomic E-state index is 11.4. The zero-order chi connectivity index (χ0) is 12.5. The fourth-order valence-corrected chi connectivity index (χ4v) is 1.91. The van der Waals surface area contributed by atoms with Crippen LogP contribution in [0.2, 0.25) is 0 Å². The van der Waals surface area contributed by atoms with Gasteiger partial charge in [-0.05, 0) is 13.3 Å². The number of thiazole rings is 1. The molecule has 0 bridgehead atoms. The van der Waals surface area contributed by atoms with Crippen molar-refractivity contribution in [3.63, 3.8) is 0 Å². The number of rotatable bonds is 8. The van der Waals surface area contributed by atoms with E-state index in [4.69, 9.17) is 4.74 Å². The van der Waals surface area contributed by atoms with Crippen molar-refractivity contribution >= 4 is 17.2 Å². The van der Waals surface area contributed by atoms with Gasteiger partial charge < -0.3 is 15.4 Å². The van der Waals surface area contributed by atoms with Crippen LogP contribution in [0.3, 0.4) is 0 Å². The van der Waals surface area contributed by atoms with E-state index >= 15 is 0 Å². The monoisotopic (exact) mass is 257 g/mol.